The molecule has 174 valence electrons. The summed E-state index contributed by atoms with van der Waals surface area (Å²) in [6.45, 7) is 0.645. The summed E-state index contributed by atoms with van der Waals surface area (Å²) >= 11 is 0. The smallest absolute Gasteiger partial charge is 0.257 e. The molecule has 7 nitrogen and oxygen atoms in total. The van der Waals surface area contributed by atoms with Crippen molar-refractivity contribution in [2.45, 2.75) is 51.1 Å². The van der Waals surface area contributed by atoms with Crippen LogP contribution in [0.2, 0.25) is 0 Å². The van der Waals surface area contributed by atoms with Gasteiger partial charge < -0.3 is 19.5 Å². The van der Waals surface area contributed by atoms with Crippen LogP contribution in [-0.4, -0.2) is 52.5 Å². The number of carbonyl (C=O) groups is 2. The number of hydrogen-bond acceptors (Lipinski definition) is 4. The lowest BCUT2D eigenvalue weighted by Crippen LogP contribution is -2.40. The fourth-order valence-electron chi connectivity index (χ4n) is 4.44. The van der Waals surface area contributed by atoms with Gasteiger partial charge in [-0.1, -0.05) is 49.6 Å². The Morgan fingerprint density at radius 1 is 1.06 bits per heavy atom. The number of hydrogen-bond donors (Lipinski definition) is 1. The first-order chi connectivity index (χ1) is 16.1. The highest BCUT2D eigenvalue weighted by Crippen LogP contribution is 2.23. The van der Waals surface area contributed by atoms with Crippen molar-refractivity contribution in [1.29, 1.82) is 0 Å². The van der Waals surface area contributed by atoms with Gasteiger partial charge in [0.25, 0.3) is 5.91 Å². The molecule has 0 bridgehead atoms. The van der Waals surface area contributed by atoms with Gasteiger partial charge in [-0.05, 0) is 37.1 Å². The molecule has 0 saturated heterocycles. The molecule has 1 aromatic heterocycles. The van der Waals surface area contributed by atoms with E-state index in [0.717, 1.165) is 29.7 Å². The van der Waals surface area contributed by atoms with Crippen LogP contribution in [0.3, 0.4) is 0 Å². The molecule has 2 amide bonds. The SMILES string of the molecule is CN(C(=O)Cn1c(CCNC(=O)COc2ccccc2)nc2ccccc21)C1CCCCC1. The summed E-state index contributed by atoms with van der Waals surface area (Å²) in [7, 11) is 1.92. The highest BCUT2D eigenvalue weighted by Gasteiger charge is 2.23. The molecular weight excluding hydrogens is 416 g/mol. The topological polar surface area (TPSA) is 76.5 Å². The molecule has 0 atom stereocenters. The maximum Gasteiger partial charge on any atom is 0.257 e. The third kappa shape index (κ3) is 5.92. The zero-order chi connectivity index (χ0) is 23.0. The molecule has 1 heterocycles. The second-order valence-electron chi connectivity index (χ2n) is 8.60. The van der Waals surface area contributed by atoms with Crippen LogP contribution < -0.4 is 10.1 Å². The van der Waals surface area contributed by atoms with Gasteiger partial charge in [0.1, 0.15) is 18.1 Å². The minimum absolute atomic E-state index is 0.0366. The van der Waals surface area contributed by atoms with E-state index in [9.17, 15) is 9.59 Å². The van der Waals surface area contributed by atoms with E-state index in [4.69, 9.17) is 9.72 Å². The Labute approximate surface area is 194 Å². The Morgan fingerprint density at radius 3 is 2.58 bits per heavy atom. The molecule has 0 spiro atoms. The van der Waals surface area contributed by atoms with E-state index in [1.165, 1.54) is 19.3 Å². The van der Waals surface area contributed by atoms with Crippen molar-refractivity contribution in [3.05, 3.63) is 60.4 Å². The number of para-hydroxylation sites is 3. The lowest BCUT2D eigenvalue weighted by atomic mass is 9.94. The fraction of sp³-hybridized carbons (Fsp3) is 0.423. The standard InChI is InChI=1S/C26H32N4O3/c1-29(20-10-4-2-5-11-20)26(32)18-30-23-15-9-8-14-22(23)28-24(30)16-17-27-25(31)19-33-21-12-6-3-7-13-21/h3,6-9,12-15,20H,2,4-5,10-11,16-19H2,1H3,(H,27,31). The number of likely N-dealkylation sites (N-methyl/N-ethyl adjacent to an activating group) is 1. The molecule has 0 radical (unpaired) electrons. The molecule has 33 heavy (non-hydrogen) atoms. The highest BCUT2D eigenvalue weighted by molar-refractivity contribution is 5.81. The Morgan fingerprint density at radius 2 is 1.79 bits per heavy atom. The van der Waals surface area contributed by atoms with Crippen molar-refractivity contribution in [1.82, 2.24) is 19.8 Å². The first kappa shape index (κ1) is 22.8. The molecule has 4 rings (SSSR count). The summed E-state index contributed by atoms with van der Waals surface area (Å²) in [5.41, 5.74) is 1.80. The van der Waals surface area contributed by atoms with E-state index in [-0.39, 0.29) is 25.0 Å². The van der Waals surface area contributed by atoms with Crippen molar-refractivity contribution < 1.29 is 14.3 Å². The number of rotatable bonds is 9. The van der Waals surface area contributed by atoms with Crippen LogP contribution in [0.15, 0.2) is 54.6 Å². The Balaban J connectivity index is 1.37. The van der Waals surface area contributed by atoms with Crippen molar-refractivity contribution in [3.8, 4) is 5.75 Å². The van der Waals surface area contributed by atoms with Gasteiger partial charge in [0.05, 0.1) is 11.0 Å². The van der Waals surface area contributed by atoms with Crippen LogP contribution in [0.5, 0.6) is 5.75 Å². The van der Waals surface area contributed by atoms with Crippen molar-refractivity contribution in [2.24, 2.45) is 0 Å². The number of amides is 2. The van der Waals surface area contributed by atoms with Crippen LogP contribution in [-0.2, 0) is 22.6 Å². The molecule has 1 N–H and O–H groups in total. The number of carbonyl (C=O) groups excluding carboxylic acids is 2. The molecule has 1 fully saturated rings. The number of nitrogens with one attached hydrogen (secondary N) is 1. The Hall–Kier alpha value is -3.35. The van der Waals surface area contributed by atoms with Crippen LogP contribution in [0, 0.1) is 0 Å². The average Bonchev–Trinajstić information content (AvgIpc) is 3.20. The molecule has 1 aliphatic carbocycles. The second kappa shape index (κ2) is 11.0. The van der Waals surface area contributed by atoms with Gasteiger partial charge in [-0.2, -0.15) is 0 Å². The third-order valence-electron chi connectivity index (χ3n) is 6.33. The van der Waals surface area contributed by atoms with Crippen molar-refractivity contribution in [3.63, 3.8) is 0 Å². The molecule has 2 aromatic carbocycles. The first-order valence-electron chi connectivity index (χ1n) is 11.8. The average molecular weight is 449 g/mol. The van der Waals surface area contributed by atoms with Crippen LogP contribution >= 0.6 is 0 Å². The molecule has 0 aliphatic heterocycles. The molecular formula is C26H32N4O3. The van der Waals surface area contributed by atoms with E-state index in [0.29, 0.717) is 24.8 Å². The Bertz CT molecular complexity index is 1070. The van der Waals surface area contributed by atoms with E-state index >= 15 is 0 Å². The highest BCUT2D eigenvalue weighted by atomic mass is 16.5. The number of nitrogens with zero attached hydrogens (tertiary/aromatic N) is 3. The van der Waals surface area contributed by atoms with Gasteiger partial charge in [0.15, 0.2) is 6.61 Å². The normalized spacial score (nSPS) is 14.2. The quantitative estimate of drug-likeness (QED) is 0.543. The van der Waals surface area contributed by atoms with Crippen molar-refractivity contribution in [2.75, 3.05) is 20.2 Å². The van der Waals surface area contributed by atoms with Gasteiger partial charge in [-0.3, -0.25) is 9.59 Å². The first-order valence-corrected chi connectivity index (χ1v) is 11.8. The van der Waals surface area contributed by atoms with Crippen LogP contribution in [0.1, 0.15) is 37.9 Å². The molecule has 1 aliphatic rings. The molecule has 7 heteroatoms. The van der Waals surface area contributed by atoms with Crippen LogP contribution in [0.25, 0.3) is 11.0 Å². The van der Waals surface area contributed by atoms with E-state index < -0.39 is 0 Å². The molecule has 3 aromatic rings. The molecule has 0 unspecified atom stereocenters. The summed E-state index contributed by atoms with van der Waals surface area (Å²) in [5.74, 6) is 1.38. The summed E-state index contributed by atoms with van der Waals surface area (Å²) in [6, 6.07) is 17.4. The van der Waals surface area contributed by atoms with Gasteiger partial charge in [-0.15, -0.1) is 0 Å². The minimum atomic E-state index is -0.186. The zero-order valence-electron chi connectivity index (χ0n) is 19.2. The maximum atomic E-state index is 13.1. The maximum absolute atomic E-state index is 13.1. The number of fused-ring (bicyclic) bond motifs is 1. The van der Waals surface area contributed by atoms with E-state index in [2.05, 4.69) is 5.32 Å². The van der Waals surface area contributed by atoms with E-state index in [1.807, 2.05) is 71.1 Å². The largest absolute Gasteiger partial charge is 0.484 e. The van der Waals surface area contributed by atoms with Crippen LogP contribution in [0.4, 0.5) is 0 Å². The number of benzene rings is 2. The summed E-state index contributed by atoms with van der Waals surface area (Å²) < 4.78 is 7.49. The second-order valence-corrected chi connectivity index (χ2v) is 8.60. The Kier molecular flexibility index (Phi) is 7.60. The fourth-order valence-corrected chi connectivity index (χ4v) is 4.44. The van der Waals surface area contributed by atoms with Gasteiger partial charge in [0, 0.05) is 26.1 Å². The van der Waals surface area contributed by atoms with Gasteiger partial charge >= 0.3 is 0 Å². The third-order valence-corrected chi connectivity index (χ3v) is 6.33. The lowest BCUT2D eigenvalue weighted by Gasteiger charge is -2.31. The summed E-state index contributed by atoms with van der Waals surface area (Å²) in [4.78, 5) is 31.9. The van der Waals surface area contributed by atoms with Gasteiger partial charge in [-0.25, -0.2) is 4.98 Å². The molecule has 1 saturated carbocycles. The lowest BCUT2D eigenvalue weighted by molar-refractivity contribution is -0.133. The monoisotopic (exact) mass is 448 g/mol. The number of ether oxygens (including phenoxy) is 1. The van der Waals surface area contributed by atoms with Crippen molar-refractivity contribution >= 4 is 22.8 Å². The zero-order valence-corrected chi connectivity index (χ0v) is 19.2. The van der Waals surface area contributed by atoms with E-state index in [1.54, 1.807) is 0 Å². The summed E-state index contributed by atoms with van der Waals surface area (Å²) in [6.07, 6.45) is 6.33. The predicted octanol–water partition coefficient (Wildman–Crippen LogP) is 3.57. The predicted molar refractivity (Wildman–Crippen MR) is 128 cm³/mol. The van der Waals surface area contributed by atoms with Gasteiger partial charge in [0.2, 0.25) is 5.91 Å². The number of imidazole rings is 1. The minimum Gasteiger partial charge on any atom is -0.484 e. The summed E-state index contributed by atoms with van der Waals surface area (Å²) in [5, 5.41) is 2.89. The number of aromatic nitrogens is 2.